The summed E-state index contributed by atoms with van der Waals surface area (Å²) in [6, 6.07) is 10.9. The van der Waals surface area contributed by atoms with Crippen LogP contribution >= 0.6 is 0 Å². The number of nitrogens with zero attached hydrogens (tertiary/aromatic N) is 2. The molecule has 4 heteroatoms. The molecular formula is C17H18N2O2. The largest absolute Gasteiger partial charge is 0.430 e. The van der Waals surface area contributed by atoms with Gasteiger partial charge in [-0.3, -0.25) is 9.36 Å². The van der Waals surface area contributed by atoms with E-state index in [0.29, 0.717) is 18.7 Å². The molecule has 0 unspecified atom stereocenters. The monoisotopic (exact) mass is 282 g/mol. The third-order valence-corrected chi connectivity index (χ3v) is 2.89. The molecule has 0 spiro atoms. The van der Waals surface area contributed by atoms with E-state index in [1.54, 1.807) is 12.2 Å². The molecule has 0 aliphatic carbocycles. The molecule has 0 aliphatic rings. The highest BCUT2D eigenvalue weighted by atomic mass is 16.4. The number of hydrogen-bond donors (Lipinski definition) is 0. The molecule has 21 heavy (non-hydrogen) atoms. The molecule has 0 amide bonds. The van der Waals surface area contributed by atoms with Crippen LogP contribution in [0.3, 0.4) is 0 Å². The number of benzene rings is 1. The zero-order chi connectivity index (χ0) is 15.1. The molecule has 0 bridgehead atoms. The fourth-order valence-corrected chi connectivity index (χ4v) is 1.87. The summed E-state index contributed by atoms with van der Waals surface area (Å²) < 4.78 is 7.20. The van der Waals surface area contributed by atoms with Crippen molar-refractivity contribution in [1.82, 2.24) is 4.57 Å². The zero-order valence-corrected chi connectivity index (χ0v) is 11.9. The number of hydrogen-bond acceptors (Lipinski definition) is 3. The van der Waals surface area contributed by atoms with E-state index in [1.807, 2.05) is 30.3 Å². The lowest BCUT2D eigenvalue weighted by molar-refractivity contribution is 0.384. The van der Waals surface area contributed by atoms with Gasteiger partial charge in [-0.15, -0.1) is 13.2 Å². The van der Waals surface area contributed by atoms with Gasteiger partial charge in [-0.25, -0.2) is 0 Å². The Balaban J connectivity index is 2.57. The molecule has 0 saturated heterocycles. The molecule has 0 atom stereocenters. The van der Waals surface area contributed by atoms with Crippen molar-refractivity contribution in [2.24, 2.45) is 4.99 Å². The predicted octanol–water partition coefficient (Wildman–Crippen LogP) is 2.98. The Morgan fingerprint density at radius 3 is 2.62 bits per heavy atom. The van der Waals surface area contributed by atoms with Crippen molar-refractivity contribution in [2.45, 2.75) is 19.4 Å². The van der Waals surface area contributed by atoms with Crippen LogP contribution in [0.4, 0.5) is 5.69 Å². The molecule has 0 aliphatic heterocycles. The number of allylic oxidation sites excluding steroid dienone is 2. The second-order valence-corrected chi connectivity index (χ2v) is 4.51. The molecular weight excluding hydrogens is 264 g/mol. The van der Waals surface area contributed by atoms with E-state index in [4.69, 9.17) is 4.42 Å². The van der Waals surface area contributed by atoms with Crippen LogP contribution in [-0.2, 0) is 13.0 Å². The normalized spacial score (nSPS) is 11.3. The Morgan fingerprint density at radius 1 is 1.19 bits per heavy atom. The maximum atomic E-state index is 12.2. The van der Waals surface area contributed by atoms with Gasteiger partial charge in [-0.2, -0.15) is 4.99 Å². The van der Waals surface area contributed by atoms with Crippen LogP contribution in [0.2, 0.25) is 0 Å². The molecule has 108 valence electrons. The highest BCUT2D eigenvalue weighted by Crippen LogP contribution is 2.08. The lowest BCUT2D eigenvalue weighted by Gasteiger charge is -2.05. The Hall–Kier alpha value is -2.62. The summed E-state index contributed by atoms with van der Waals surface area (Å²) in [4.78, 5) is 16.6. The minimum Gasteiger partial charge on any atom is -0.430 e. The third kappa shape index (κ3) is 3.92. The standard InChI is InChI=1S/C17H18N2O2/c1-3-5-11-15-13-16(20)19(12-4-2)17(21-15)18-14-9-7-6-8-10-14/h3-4,6-10,13H,1-2,5,11-12H2. The summed E-state index contributed by atoms with van der Waals surface area (Å²) in [7, 11) is 0. The SMILES string of the molecule is C=CCCc1cc(=O)n(CC=C)c(=Nc2ccccc2)o1. The van der Waals surface area contributed by atoms with E-state index in [2.05, 4.69) is 18.2 Å². The summed E-state index contributed by atoms with van der Waals surface area (Å²) in [5, 5.41) is 0. The van der Waals surface area contributed by atoms with E-state index in [0.717, 1.165) is 12.1 Å². The van der Waals surface area contributed by atoms with Crippen molar-refractivity contribution in [3.63, 3.8) is 0 Å². The molecule has 4 nitrogen and oxygen atoms in total. The maximum absolute atomic E-state index is 12.2. The molecule has 2 aromatic rings. The van der Waals surface area contributed by atoms with E-state index in [-0.39, 0.29) is 11.2 Å². The van der Waals surface area contributed by atoms with Gasteiger partial charge in [-0.05, 0) is 18.6 Å². The second kappa shape index (κ2) is 7.24. The molecule has 1 aromatic carbocycles. The Kier molecular flexibility index (Phi) is 5.10. The molecule has 0 fully saturated rings. The van der Waals surface area contributed by atoms with Crippen molar-refractivity contribution >= 4 is 5.69 Å². The van der Waals surface area contributed by atoms with Gasteiger partial charge in [0.1, 0.15) is 5.76 Å². The van der Waals surface area contributed by atoms with Crippen LogP contribution in [0, 0.1) is 0 Å². The molecule has 1 heterocycles. The zero-order valence-electron chi connectivity index (χ0n) is 11.9. The topological polar surface area (TPSA) is 47.5 Å². The molecule has 0 N–H and O–H groups in total. The average Bonchev–Trinajstić information content (AvgIpc) is 2.49. The van der Waals surface area contributed by atoms with Gasteiger partial charge in [0.2, 0.25) is 0 Å². The van der Waals surface area contributed by atoms with Crippen molar-refractivity contribution < 1.29 is 4.42 Å². The molecule has 2 rings (SSSR count). The average molecular weight is 282 g/mol. The molecule has 1 aromatic heterocycles. The van der Waals surface area contributed by atoms with Crippen LogP contribution in [0.1, 0.15) is 12.2 Å². The van der Waals surface area contributed by atoms with Crippen LogP contribution < -0.4 is 11.2 Å². The Morgan fingerprint density at radius 2 is 1.95 bits per heavy atom. The first-order valence-corrected chi connectivity index (χ1v) is 6.80. The van der Waals surface area contributed by atoms with Gasteiger partial charge < -0.3 is 4.42 Å². The summed E-state index contributed by atoms with van der Waals surface area (Å²) in [5.41, 5.74) is 0.877. The van der Waals surface area contributed by atoms with E-state index < -0.39 is 0 Å². The second-order valence-electron chi connectivity index (χ2n) is 4.51. The van der Waals surface area contributed by atoms with Crippen LogP contribution in [0.15, 0.2) is 75.9 Å². The van der Waals surface area contributed by atoms with Crippen LogP contribution in [0.5, 0.6) is 0 Å². The minimum atomic E-state index is -0.144. The lowest BCUT2D eigenvalue weighted by Crippen LogP contribution is -2.33. The first-order chi connectivity index (χ1) is 10.2. The Bertz CT molecular complexity index is 739. The molecule has 0 saturated carbocycles. The highest BCUT2D eigenvalue weighted by molar-refractivity contribution is 5.35. The first kappa shape index (κ1) is 14.8. The number of aromatic nitrogens is 1. The van der Waals surface area contributed by atoms with Crippen molar-refractivity contribution in [3.05, 3.63) is 83.5 Å². The van der Waals surface area contributed by atoms with Crippen molar-refractivity contribution in [1.29, 1.82) is 0 Å². The van der Waals surface area contributed by atoms with Crippen LogP contribution in [-0.4, -0.2) is 4.57 Å². The Labute approximate surface area is 123 Å². The smallest absolute Gasteiger partial charge is 0.305 e. The van der Waals surface area contributed by atoms with Gasteiger partial charge in [-0.1, -0.05) is 30.4 Å². The number of aryl methyl sites for hydroxylation is 1. The highest BCUT2D eigenvalue weighted by Gasteiger charge is 2.04. The number of para-hydroxylation sites is 1. The minimum absolute atomic E-state index is 0.144. The van der Waals surface area contributed by atoms with Gasteiger partial charge in [0.15, 0.2) is 0 Å². The summed E-state index contributed by atoms with van der Waals surface area (Å²) in [6.45, 7) is 7.69. The van der Waals surface area contributed by atoms with Gasteiger partial charge in [0.25, 0.3) is 5.56 Å². The summed E-state index contributed by atoms with van der Waals surface area (Å²) in [6.07, 6.45) is 4.81. The van der Waals surface area contributed by atoms with Crippen molar-refractivity contribution in [3.8, 4) is 0 Å². The third-order valence-electron chi connectivity index (χ3n) is 2.89. The van der Waals surface area contributed by atoms with E-state index in [9.17, 15) is 4.79 Å². The van der Waals surface area contributed by atoms with Crippen LogP contribution in [0.25, 0.3) is 0 Å². The maximum Gasteiger partial charge on any atom is 0.305 e. The van der Waals surface area contributed by atoms with Gasteiger partial charge in [0.05, 0.1) is 5.69 Å². The fraction of sp³-hybridized carbons (Fsp3) is 0.176. The quantitative estimate of drug-likeness (QED) is 0.765. The fourth-order valence-electron chi connectivity index (χ4n) is 1.87. The first-order valence-electron chi connectivity index (χ1n) is 6.80. The number of rotatable bonds is 6. The predicted molar refractivity (Wildman–Crippen MR) is 83.3 cm³/mol. The van der Waals surface area contributed by atoms with Gasteiger partial charge in [0, 0.05) is 19.0 Å². The van der Waals surface area contributed by atoms with Crippen molar-refractivity contribution in [2.75, 3.05) is 0 Å². The van der Waals surface area contributed by atoms with E-state index in [1.165, 1.54) is 10.6 Å². The van der Waals surface area contributed by atoms with Gasteiger partial charge >= 0.3 is 5.68 Å². The van der Waals surface area contributed by atoms with E-state index >= 15 is 0 Å². The molecule has 0 radical (unpaired) electrons. The summed E-state index contributed by atoms with van der Waals surface area (Å²) >= 11 is 0. The summed E-state index contributed by atoms with van der Waals surface area (Å²) in [5.74, 6) is 0.606. The lowest BCUT2D eigenvalue weighted by atomic mass is 10.2.